The smallest absolute Gasteiger partial charge is 0.282 e. The molecule has 24 heavy (non-hydrogen) atoms. The molecule has 0 radical (unpaired) electrons. The Morgan fingerprint density at radius 1 is 1.50 bits per heavy atom. The van der Waals surface area contributed by atoms with Gasteiger partial charge in [0.15, 0.2) is 0 Å². The molecule has 1 saturated heterocycles. The van der Waals surface area contributed by atoms with Crippen LogP contribution in [0.5, 0.6) is 0 Å². The summed E-state index contributed by atoms with van der Waals surface area (Å²) in [6.45, 7) is 7.14. The fourth-order valence-corrected chi connectivity index (χ4v) is 4.17. The van der Waals surface area contributed by atoms with Crippen molar-refractivity contribution in [1.29, 1.82) is 0 Å². The average molecular weight is 359 g/mol. The minimum absolute atomic E-state index is 0.128. The van der Waals surface area contributed by atoms with Gasteiger partial charge in [0.1, 0.15) is 11.9 Å². The molecule has 1 atom stereocenters. The predicted octanol–water partition coefficient (Wildman–Crippen LogP) is 0.00570. The van der Waals surface area contributed by atoms with E-state index in [2.05, 4.69) is 15.3 Å². The van der Waals surface area contributed by atoms with Gasteiger partial charge in [0.2, 0.25) is 5.91 Å². The molecule has 2 heterocycles. The number of morpholine rings is 1. The van der Waals surface area contributed by atoms with Gasteiger partial charge < -0.3 is 15.0 Å². The third kappa shape index (κ3) is 4.32. The number of aromatic nitrogens is 2. The Hall–Kier alpha value is -1.49. The Morgan fingerprint density at radius 3 is 2.83 bits per heavy atom. The number of nitrogens with zero attached hydrogens (tertiary/aromatic N) is 3. The minimum Gasteiger partial charge on any atom is -0.368 e. The van der Waals surface area contributed by atoms with E-state index < -0.39 is 16.3 Å². The van der Waals surface area contributed by atoms with E-state index in [0.29, 0.717) is 38.6 Å². The molecule has 1 fully saturated rings. The van der Waals surface area contributed by atoms with Gasteiger partial charge in [-0.15, -0.1) is 0 Å². The molecular formula is C14H25N5O4S. The fraction of sp³-hybridized carbons (Fsp3) is 0.714. The lowest BCUT2D eigenvalue weighted by Crippen LogP contribution is -2.49. The summed E-state index contributed by atoms with van der Waals surface area (Å²) in [5, 5.41) is 2.68. The van der Waals surface area contributed by atoms with E-state index in [9.17, 15) is 13.2 Å². The minimum atomic E-state index is -3.49. The second-order valence-electron chi connectivity index (χ2n) is 5.51. The number of carbonyl (C=O) groups is 1. The monoisotopic (exact) mass is 359 g/mol. The zero-order valence-corrected chi connectivity index (χ0v) is 15.1. The molecule has 1 amide bonds. The number of rotatable bonds is 7. The maximum Gasteiger partial charge on any atom is 0.282 e. The van der Waals surface area contributed by atoms with Gasteiger partial charge in [-0.25, -0.2) is 4.98 Å². The first-order valence-corrected chi connectivity index (χ1v) is 9.43. The Bertz CT molecular complexity index is 656. The highest BCUT2D eigenvalue weighted by molar-refractivity contribution is 7.86. The van der Waals surface area contributed by atoms with E-state index in [1.807, 2.05) is 13.8 Å². The summed E-state index contributed by atoms with van der Waals surface area (Å²) in [5.41, 5.74) is 0.743. The van der Waals surface area contributed by atoms with Crippen molar-refractivity contribution < 1.29 is 17.9 Å². The lowest BCUT2D eigenvalue weighted by molar-refractivity contribution is -0.119. The van der Waals surface area contributed by atoms with Crippen molar-refractivity contribution >= 4 is 16.1 Å². The first-order chi connectivity index (χ1) is 11.4. The summed E-state index contributed by atoms with van der Waals surface area (Å²) in [6, 6.07) is 0. The number of H-pyrrole nitrogens is 1. The largest absolute Gasteiger partial charge is 0.368 e. The number of nitrogens with one attached hydrogen (secondary N) is 2. The van der Waals surface area contributed by atoms with Crippen LogP contribution in [-0.2, 0) is 26.3 Å². The van der Waals surface area contributed by atoms with Gasteiger partial charge in [-0.1, -0.05) is 13.8 Å². The Labute approximate surface area is 142 Å². The third-order valence-electron chi connectivity index (χ3n) is 3.87. The molecule has 0 aliphatic carbocycles. The highest BCUT2D eigenvalue weighted by Crippen LogP contribution is 2.23. The maximum absolute atomic E-state index is 12.6. The molecular weight excluding hydrogens is 334 g/mol. The lowest BCUT2D eigenvalue weighted by atomic mass is 10.3. The van der Waals surface area contributed by atoms with Crippen LogP contribution in [-0.4, -0.2) is 65.7 Å². The van der Waals surface area contributed by atoms with Crippen LogP contribution in [0.15, 0.2) is 6.20 Å². The van der Waals surface area contributed by atoms with Crippen molar-refractivity contribution in [3.63, 3.8) is 0 Å². The van der Waals surface area contributed by atoms with Gasteiger partial charge in [-0.2, -0.15) is 17.0 Å². The van der Waals surface area contributed by atoms with Crippen LogP contribution in [0.4, 0.5) is 0 Å². The second-order valence-corrected chi connectivity index (χ2v) is 7.44. The van der Waals surface area contributed by atoms with Crippen molar-refractivity contribution in [3.05, 3.63) is 17.7 Å². The summed E-state index contributed by atoms with van der Waals surface area (Å²) < 4.78 is 33.8. The number of ether oxygens (including phenoxy) is 1. The molecule has 1 aromatic heterocycles. The standard InChI is InChI=1S/C14H25N5O4S/c1-4-18(5-2)24(21,22)19-6-7-23-13(10-19)14-16-9-12(17-14)8-15-11(3)20/h9,13H,4-8,10H2,1-3H3,(H,15,20)(H,16,17)/t13-/m1/s1. The van der Waals surface area contributed by atoms with Crippen molar-refractivity contribution in [2.75, 3.05) is 32.8 Å². The molecule has 1 aromatic rings. The summed E-state index contributed by atoms with van der Waals surface area (Å²) in [5.74, 6) is 0.436. The predicted molar refractivity (Wildman–Crippen MR) is 88.2 cm³/mol. The Kier molecular flexibility index (Phi) is 6.33. The highest BCUT2D eigenvalue weighted by Gasteiger charge is 2.34. The van der Waals surface area contributed by atoms with Crippen LogP contribution in [0.1, 0.15) is 38.4 Å². The Morgan fingerprint density at radius 2 is 2.21 bits per heavy atom. The van der Waals surface area contributed by atoms with Gasteiger partial charge in [-0.05, 0) is 0 Å². The third-order valence-corrected chi connectivity index (χ3v) is 6.02. The summed E-state index contributed by atoms with van der Waals surface area (Å²) in [7, 11) is -3.49. The van der Waals surface area contributed by atoms with E-state index in [4.69, 9.17) is 4.74 Å². The summed E-state index contributed by atoms with van der Waals surface area (Å²) >= 11 is 0. The van der Waals surface area contributed by atoms with Crippen LogP contribution in [0.3, 0.4) is 0 Å². The molecule has 2 N–H and O–H groups in total. The number of imidazole rings is 1. The average Bonchev–Trinajstić information content (AvgIpc) is 3.03. The lowest BCUT2D eigenvalue weighted by Gasteiger charge is -2.34. The first kappa shape index (κ1) is 18.8. The van der Waals surface area contributed by atoms with E-state index in [1.165, 1.54) is 15.5 Å². The van der Waals surface area contributed by atoms with E-state index in [0.717, 1.165) is 5.69 Å². The molecule has 1 aliphatic heterocycles. The molecule has 0 unspecified atom stereocenters. The SMILES string of the molecule is CCN(CC)S(=O)(=O)N1CCO[C@@H](c2ncc(CNC(C)=O)[nH]2)C1. The molecule has 0 aromatic carbocycles. The van der Waals surface area contributed by atoms with Crippen LogP contribution in [0.2, 0.25) is 0 Å². The number of amides is 1. The zero-order chi connectivity index (χ0) is 17.7. The topological polar surface area (TPSA) is 108 Å². The van der Waals surface area contributed by atoms with Crippen molar-refractivity contribution in [1.82, 2.24) is 23.9 Å². The van der Waals surface area contributed by atoms with Crippen LogP contribution in [0, 0.1) is 0 Å². The van der Waals surface area contributed by atoms with Gasteiger partial charge in [-0.3, -0.25) is 4.79 Å². The van der Waals surface area contributed by atoms with Crippen molar-refractivity contribution in [2.24, 2.45) is 0 Å². The van der Waals surface area contributed by atoms with E-state index in [1.54, 1.807) is 6.20 Å². The van der Waals surface area contributed by atoms with Gasteiger partial charge in [0, 0.05) is 33.1 Å². The fourth-order valence-electron chi connectivity index (χ4n) is 2.56. The number of carbonyl (C=O) groups excluding carboxylic acids is 1. The Balaban J connectivity index is 2.06. The molecule has 0 spiro atoms. The molecule has 0 bridgehead atoms. The van der Waals surface area contributed by atoms with Gasteiger partial charge >= 0.3 is 0 Å². The van der Waals surface area contributed by atoms with E-state index >= 15 is 0 Å². The van der Waals surface area contributed by atoms with Crippen LogP contribution < -0.4 is 5.32 Å². The van der Waals surface area contributed by atoms with Gasteiger partial charge in [0.25, 0.3) is 10.2 Å². The summed E-state index contributed by atoms with van der Waals surface area (Å²) in [4.78, 5) is 18.3. The molecule has 9 nitrogen and oxygen atoms in total. The molecule has 2 rings (SSSR count). The van der Waals surface area contributed by atoms with Crippen LogP contribution >= 0.6 is 0 Å². The normalized spacial score (nSPS) is 19.6. The molecule has 0 saturated carbocycles. The van der Waals surface area contributed by atoms with Crippen LogP contribution in [0.25, 0.3) is 0 Å². The second kappa shape index (κ2) is 8.06. The quantitative estimate of drug-likeness (QED) is 0.713. The van der Waals surface area contributed by atoms with Gasteiger partial charge in [0.05, 0.1) is 25.0 Å². The molecule has 10 heteroatoms. The highest BCUT2D eigenvalue weighted by atomic mass is 32.2. The maximum atomic E-state index is 12.6. The first-order valence-electron chi connectivity index (χ1n) is 8.03. The number of aromatic amines is 1. The summed E-state index contributed by atoms with van der Waals surface area (Å²) in [6.07, 6.45) is 1.17. The van der Waals surface area contributed by atoms with Crippen molar-refractivity contribution in [3.8, 4) is 0 Å². The number of hydrogen-bond donors (Lipinski definition) is 2. The van der Waals surface area contributed by atoms with E-state index in [-0.39, 0.29) is 12.5 Å². The molecule has 1 aliphatic rings. The zero-order valence-electron chi connectivity index (χ0n) is 14.3. The molecule has 136 valence electrons. The van der Waals surface area contributed by atoms with Crippen molar-refractivity contribution in [2.45, 2.75) is 33.4 Å². The number of hydrogen-bond acceptors (Lipinski definition) is 5.